The van der Waals surface area contributed by atoms with Gasteiger partial charge in [-0.15, -0.1) is 0 Å². The lowest BCUT2D eigenvalue weighted by molar-refractivity contribution is -0.140. The maximum Gasteiger partial charge on any atom is 0.305 e. The van der Waals surface area contributed by atoms with Gasteiger partial charge in [-0.1, -0.05) is 12.5 Å². The molecule has 0 fully saturated rings. The number of carbonyl (C=O) groups excluding carboxylic acids is 2. The molecule has 0 unspecified atom stereocenters. The van der Waals surface area contributed by atoms with Gasteiger partial charge < -0.3 is 14.8 Å². The first kappa shape index (κ1) is 16.9. The molecule has 0 aromatic heterocycles. The minimum atomic E-state index is -0.613. The molecule has 0 aliphatic heterocycles. The van der Waals surface area contributed by atoms with Crippen LogP contribution in [0, 0.1) is 5.82 Å². The van der Waals surface area contributed by atoms with Crippen LogP contribution in [0.4, 0.5) is 4.39 Å². The van der Waals surface area contributed by atoms with Gasteiger partial charge in [-0.25, -0.2) is 4.39 Å². The average molecular weight is 297 g/mol. The van der Waals surface area contributed by atoms with E-state index in [1.165, 1.54) is 32.4 Å². The van der Waals surface area contributed by atoms with Crippen LogP contribution in [0.25, 0.3) is 0 Å². The van der Waals surface area contributed by atoms with E-state index in [1.54, 1.807) is 0 Å². The third kappa shape index (κ3) is 5.41. The van der Waals surface area contributed by atoms with Crippen LogP contribution in [0.1, 0.15) is 36.0 Å². The number of halogens is 1. The largest absolute Gasteiger partial charge is 0.496 e. The number of methoxy groups -OCH3 is 2. The molecule has 5 nitrogen and oxygen atoms in total. The summed E-state index contributed by atoms with van der Waals surface area (Å²) in [6.07, 6.45) is 2.56. The standard InChI is InChI=1S/C15H20FNO4/c1-20-12-8-6-7-11(16)14(12)15(19)17-10-5-3-4-9-13(18)21-2/h6-8H,3-5,9-10H2,1-2H3,(H,17,19). The maximum absolute atomic E-state index is 13.7. The molecule has 0 spiro atoms. The highest BCUT2D eigenvalue weighted by molar-refractivity contribution is 5.97. The second-order valence-corrected chi connectivity index (χ2v) is 4.46. The molecule has 1 N–H and O–H groups in total. The summed E-state index contributed by atoms with van der Waals surface area (Å²) in [7, 11) is 2.74. The van der Waals surface area contributed by atoms with Gasteiger partial charge in [-0.2, -0.15) is 0 Å². The number of benzene rings is 1. The Morgan fingerprint density at radius 3 is 2.62 bits per heavy atom. The molecular formula is C15H20FNO4. The van der Waals surface area contributed by atoms with Crippen LogP contribution < -0.4 is 10.1 Å². The van der Waals surface area contributed by atoms with E-state index in [9.17, 15) is 14.0 Å². The van der Waals surface area contributed by atoms with Crippen molar-refractivity contribution in [3.8, 4) is 5.75 Å². The third-order valence-electron chi connectivity index (χ3n) is 2.99. The van der Waals surface area contributed by atoms with E-state index >= 15 is 0 Å². The Labute approximate surface area is 123 Å². The summed E-state index contributed by atoms with van der Waals surface area (Å²) in [5.74, 6) is -1.15. The van der Waals surface area contributed by atoms with Crippen molar-refractivity contribution < 1.29 is 23.5 Å². The molecule has 1 amide bonds. The molecule has 1 aromatic carbocycles. The minimum absolute atomic E-state index is 0.0884. The van der Waals surface area contributed by atoms with E-state index in [1.807, 2.05) is 0 Å². The van der Waals surface area contributed by atoms with E-state index in [0.717, 1.165) is 6.42 Å². The summed E-state index contributed by atoms with van der Waals surface area (Å²) in [6.45, 7) is 0.414. The third-order valence-corrected chi connectivity index (χ3v) is 2.99. The zero-order valence-electron chi connectivity index (χ0n) is 12.3. The number of carbonyl (C=O) groups is 2. The molecular weight excluding hydrogens is 277 g/mol. The number of amides is 1. The van der Waals surface area contributed by atoms with Crippen molar-refractivity contribution >= 4 is 11.9 Å². The van der Waals surface area contributed by atoms with Gasteiger partial charge in [0.1, 0.15) is 17.1 Å². The monoisotopic (exact) mass is 297 g/mol. The van der Waals surface area contributed by atoms with Crippen molar-refractivity contribution in [3.05, 3.63) is 29.6 Å². The second kappa shape index (κ2) is 8.94. The Morgan fingerprint density at radius 1 is 1.19 bits per heavy atom. The van der Waals surface area contributed by atoms with Gasteiger partial charge in [0.15, 0.2) is 0 Å². The lowest BCUT2D eigenvalue weighted by Crippen LogP contribution is -2.26. The van der Waals surface area contributed by atoms with Gasteiger partial charge >= 0.3 is 5.97 Å². The molecule has 0 aliphatic rings. The Morgan fingerprint density at radius 2 is 1.95 bits per heavy atom. The van der Waals surface area contributed by atoms with Crippen LogP contribution in [0.5, 0.6) is 5.75 Å². The highest BCUT2D eigenvalue weighted by Gasteiger charge is 2.16. The minimum Gasteiger partial charge on any atom is -0.496 e. The normalized spacial score (nSPS) is 10.0. The fourth-order valence-electron chi connectivity index (χ4n) is 1.86. The number of hydrogen-bond donors (Lipinski definition) is 1. The fraction of sp³-hybridized carbons (Fsp3) is 0.467. The number of unbranched alkanes of at least 4 members (excludes halogenated alkanes) is 2. The molecule has 116 valence electrons. The number of nitrogens with one attached hydrogen (secondary N) is 1. The smallest absolute Gasteiger partial charge is 0.305 e. The molecule has 0 atom stereocenters. The number of ether oxygens (including phenoxy) is 2. The highest BCUT2D eigenvalue weighted by Crippen LogP contribution is 2.20. The average Bonchev–Trinajstić information content (AvgIpc) is 2.49. The number of hydrogen-bond acceptors (Lipinski definition) is 4. The number of esters is 1. The molecule has 21 heavy (non-hydrogen) atoms. The van der Waals surface area contributed by atoms with Gasteiger partial charge in [0.2, 0.25) is 0 Å². The zero-order chi connectivity index (χ0) is 15.7. The van der Waals surface area contributed by atoms with Crippen molar-refractivity contribution in [2.24, 2.45) is 0 Å². The fourth-order valence-corrected chi connectivity index (χ4v) is 1.86. The van der Waals surface area contributed by atoms with E-state index in [4.69, 9.17) is 4.74 Å². The van der Waals surface area contributed by atoms with Crippen molar-refractivity contribution in [1.29, 1.82) is 0 Å². The Kier molecular flexibility index (Phi) is 7.21. The first-order chi connectivity index (χ1) is 10.1. The molecule has 1 rings (SSSR count). The van der Waals surface area contributed by atoms with E-state index in [2.05, 4.69) is 10.1 Å². The number of rotatable bonds is 8. The van der Waals surface area contributed by atoms with Gasteiger partial charge in [-0.3, -0.25) is 9.59 Å². The summed E-state index contributed by atoms with van der Waals surface area (Å²) in [5.41, 5.74) is -0.0884. The van der Waals surface area contributed by atoms with E-state index in [-0.39, 0.29) is 17.3 Å². The Bertz CT molecular complexity index is 491. The molecule has 0 saturated carbocycles. The van der Waals surface area contributed by atoms with Gasteiger partial charge in [0.25, 0.3) is 5.91 Å². The highest BCUT2D eigenvalue weighted by atomic mass is 19.1. The Balaban J connectivity index is 2.36. The van der Waals surface area contributed by atoms with Crippen molar-refractivity contribution in [3.63, 3.8) is 0 Å². The topological polar surface area (TPSA) is 64.6 Å². The van der Waals surface area contributed by atoms with Crippen molar-refractivity contribution in [1.82, 2.24) is 5.32 Å². The molecule has 0 saturated heterocycles. The summed E-state index contributed by atoms with van der Waals surface area (Å²) in [4.78, 5) is 22.8. The summed E-state index contributed by atoms with van der Waals surface area (Å²) < 4.78 is 23.2. The first-order valence-electron chi connectivity index (χ1n) is 6.77. The Hall–Kier alpha value is -2.11. The molecule has 0 radical (unpaired) electrons. The van der Waals surface area contributed by atoms with Crippen molar-refractivity contribution in [2.75, 3.05) is 20.8 Å². The van der Waals surface area contributed by atoms with E-state index in [0.29, 0.717) is 25.8 Å². The van der Waals surface area contributed by atoms with Gasteiger partial charge in [-0.05, 0) is 25.0 Å². The molecule has 0 bridgehead atoms. The molecule has 0 heterocycles. The van der Waals surface area contributed by atoms with Crippen LogP contribution >= 0.6 is 0 Å². The van der Waals surface area contributed by atoms with Crippen LogP contribution in [0.15, 0.2) is 18.2 Å². The predicted molar refractivity (Wildman–Crippen MR) is 75.8 cm³/mol. The van der Waals surface area contributed by atoms with Gasteiger partial charge in [0.05, 0.1) is 14.2 Å². The van der Waals surface area contributed by atoms with Crippen molar-refractivity contribution in [2.45, 2.75) is 25.7 Å². The molecule has 1 aromatic rings. The summed E-state index contributed by atoms with van der Waals surface area (Å²) in [5, 5.41) is 2.64. The predicted octanol–water partition coefficient (Wildman–Crippen LogP) is 2.30. The van der Waals surface area contributed by atoms with Crippen LogP contribution in [-0.4, -0.2) is 32.6 Å². The SMILES string of the molecule is COC(=O)CCCCCNC(=O)c1c(F)cccc1OC. The first-order valence-corrected chi connectivity index (χ1v) is 6.77. The molecule has 0 aliphatic carbocycles. The lowest BCUT2D eigenvalue weighted by Gasteiger charge is -2.10. The zero-order valence-corrected chi connectivity index (χ0v) is 12.3. The van der Waals surface area contributed by atoms with Crippen LogP contribution in [-0.2, 0) is 9.53 Å². The second-order valence-electron chi connectivity index (χ2n) is 4.46. The summed E-state index contributed by atoms with van der Waals surface area (Å²) in [6, 6.07) is 4.24. The van der Waals surface area contributed by atoms with Gasteiger partial charge in [0, 0.05) is 13.0 Å². The maximum atomic E-state index is 13.7. The quantitative estimate of drug-likeness (QED) is 0.590. The van der Waals surface area contributed by atoms with Crippen LogP contribution in [0.3, 0.4) is 0 Å². The summed E-state index contributed by atoms with van der Waals surface area (Å²) >= 11 is 0. The molecule has 6 heteroatoms. The van der Waals surface area contributed by atoms with E-state index < -0.39 is 11.7 Å². The van der Waals surface area contributed by atoms with Crippen LogP contribution in [0.2, 0.25) is 0 Å². The lowest BCUT2D eigenvalue weighted by atomic mass is 10.1.